The van der Waals surface area contributed by atoms with Crippen molar-refractivity contribution in [2.24, 2.45) is 0 Å². The molecule has 2 N–H and O–H groups in total. The molecule has 2 unspecified atom stereocenters. The van der Waals surface area contributed by atoms with Gasteiger partial charge in [0.1, 0.15) is 0 Å². The SMILES string of the molecule is CCNC1CCOC(c2ccc(C(=O)Nc3nccs3)cc2)C1.Cl. The van der Waals surface area contributed by atoms with Crippen molar-refractivity contribution in [3.63, 3.8) is 0 Å². The fourth-order valence-corrected chi connectivity index (χ4v) is 3.33. The predicted octanol–water partition coefficient (Wildman–Crippen LogP) is 3.65. The quantitative estimate of drug-likeness (QED) is 0.846. The van der Waals surface area contributed by atoms with Gasteiger partial charge >= 0.3 is 0 Å². The molecule has 5 nitrogen and oxygen atoms in total. The highest BCUT2D eigenvalue weighted by atomic mass is 35.5. The number of ether oxygens (including phenoxy) is 1. The van der Waals surface area contributed by atoms with E-state index in [0.29, 0.717) is 16.7 Å². The van der Waals surface area contributed by atoms with E-state index in [1.54, 1.807) is 6.20 Å². The van der Waals surface area contributed by atoms with Gasteiger partial charge in [0.15, 0.2) is 5.13 Å². The predicted molar refractivity (Wildman–Crippen MR) is 99.1 cm³/mol. The zero-order valence-electron chi connectivity index (χ0n) is 13.5. The van der Waals surface area contributed by atoms with Gasteiger partial charge < -0.3 is 10.1 Å². The van der Waals surface area contributed by atoms with Crippen LogP contribution in [0, 0.1) is 0 Å². The van der Waals surface area contributed by atoms with Crippen molar-refractivity contribution in [2.45, 2.75) is 31.9 Å². The highest BCUT2D eigenvalue weighted by Gasteiger charge is 2.23. The Hall–Kier alpha value is -1.47. The first-order valence-electron chi connectivity index (χ1n) is 7.92. The summed E-state index contributed by atoms with van der Waals surface area (Å²) in [5, 5.41) is 8.72. The minimum Gasteiger partial charge on any atom is -0.373 e. The number of aromatic nitrogens is 1. The van der Waals surface area contributed by atoms with Crippen LogP contribution in [0.3, 0.4) is 0 Å². The second-order valence-electron chi connectivity index (χ2n) is 5.55. The van der Waals surface area contributed by atoms with E-state index in [-0.39, 0.29) is 24.4 Å². The Kier molecular flexibility index (Phi) is 7.17. The Morgan fingerprint density at radius 1 is 1.38 bits per heavy atom. The molecular formula is C17H22ClN3O2S. The number of hydrogen-bond acceptors (Lipinski definition) is 5. The summed E-state index contributed by atoms with van der Waals surface area (Å²) < 4.78 is 5.88. The van der Waals surface area contributed by atoms with Crippen LogP contribution >= 0.6 is 23.7 Å². The standard InChI is InChI=1S/C17H21N3O2S.ClH/c1-2-18-14-7-9-22-15(11-14)12-3-5-13(6-4-12)16(21)20-17-19-8-10-23-17;/h3-6,8,10,14-15,18H,2,7,9,11H2,1H3,(H,19,20,21);1H. The second-order valence-corrected chi connectivity index (χ2v) is 6.45. The molecule has 2 aromatic rings. The van der Waals surface area contributed by atoms with Crippen molar-refractivity contribution in [1.29, 1.82) is 0 Å². The summed E-state index contributed by atoms with van der Waals surface area (Å²) in [7, 11) is 0. The van der Waals surface area contributed by atoms with E-state index in [9.17, 15) is 4.79 Å². The molecule has 1 saturated heterocycles. The van der Waals surface area contributed by atoms with Crippen LogP contribution < -0.4 is 10.6 Å². The first-order chi connectivity index (χ1) is 11.3. The van der Waals surface area contributed by atoms with E-state index in [1.807, 2.05) is 29.6 Å². The summed E-state index contributed by atoms with van der Waals surface area (Å²) in [6.45, 7) is 3.88. The van der Waals surface area contributed by atoms with Gasteiger partial charge in [0, 0.05) is 29.8 Å². The van der Waals surface area contributed by atoms with Gasteiger partial charge in [-0.25, -0.2) is 4.98 Å². The number of amides is 1. The third-order valence-electron chi connectivity index (χ3n) is 3.97. The Morgan fingerprint density at radius 2 is 2.17 bits per heavy atom. The zero-order valence-corrected chi connectivity index (χ0v) is 15.2. The minimum atomic E-state index is -0.137. The van der Waals surface area contributed by atoms with Crippen LogP contribution in [0.25, 0.3) is 0 Å². The third kappa shape index (κ3) is 4.77. The number of halogens is 1. The average molecular weight is 368 g/mol. The second kappa shape index (κ2) is 9.13. The lowest BCUT2D eigenvalue weighted by Crippen LogP contribution is -2.35. The number of benzene rings is 1. The van der Waals surface area contributed by atoms with Crippen molar-refractivity contribution in [3.8, 4) is 0 Å². The van der Waals surface area contributed by atoms with Gasteiger partial charge in [0.25, 0.3) is 5.91 Å². The van der Waals surface area contributed by atoms with E-state index < -0.39 is 0 Å². The number of carbonyl (C=O) groups excluding carboxylic acids is 1. The van der Waals surface area contributed by atoms with Crippen LogP contribution in [0.1, 0.15) is 41.8 Å². The number of carbonyl (C=O) groups is 1. The molecule has 1 aliphatic rings. The lowest BCUT2D eigenvalue weighted by Gasteiger charge is -2.30. The highest BCUT2D eigenvalue weighted by molar-refractivity contribution is 7.13. The Labute approximate surface area is 152 Å². The molecule has 0 saturated carbocycles. The van der Waals surface area contributed by atoms with Crippen LogP contribution in [0.15, 0.2) is 35.8 Å². The summed E-state index contributed by atoms with van der Waals surface area (Å²) in [5.41, 5.74) is 1.75. The lowest BCUT2D eigenvalue weighted by atomic mass is 9.96. The Bertz CT molecular complexity index is 632. The van der Waals surface area contributed by atoms with E-state index in [1.165, 1.54) is 11.3 Å². The van der Waals surface area contributed by atoms with Crippen molar-refractivity contribution in [1.82, 2.24) is 10.3 Å². The van der Waals surface area contributed by atoms with Crippen molar-refractivity contribution >= 4 is 34.8 Å². The average Bonchev–Trinajstić information content (AvgIpc) is 3.08. The molecule has 1 fully saturated rings. The monoisotopic (exact) mass is 367 g/mol. The lowest BCUT2D eigenvalue weighted by molar-refractivity contribution is 0.000584. The summed E-state index contributed by atoms with van der Waals surface area (Å²) in [4.78, 5) is 16.2. The zero-order chi connectivity index (χ0) is 16.1. The third-order valence-corrected chi connectivity index (χ3v) is 4.66. The van der Waals surface area contributed by atoms with Gasteiger partial charge in [-0.1, -0.05) is 19.1 Å². The number of thiazole rings is 1. The van der Waals surface area contributed by atoms with Crippen LogP contribution in [-0.2, 0) is 4.74 Å². The van der Waals surface area contributed by atoms with E-state index in [4.69, 9.17) is 4.74 Å². The van der Waals surface area contributed by atoms with Crippen molar-refractivity contribution in [2.75, 3.05) is 18.5 Å². The van der Waals surface area contributed by atoms with Gasteiger partial charge in [-0.15, -0.1) is 23.7 Å². The summed E-state index contributed by atoms with van der Waals surface area (Å²) in [6, 6.07) is 8.16. The van der Waals surface area contributed by atoms with Gasteiger partial charge in [-0.05, 0) is 37.1 Å². The van der Waals surface area contributed by atoms with E-state index in [0.717, 1.165) is 31.6 Å². The molecule has 7 heteroatoms. The van der Waals surface area contributed by atoms with Crippen LogP contribution in [0.2, 0.25) is 0 Å². The smallest absolute Gasteiger partial charge is 0.257 e. The molecule has 3 rings (SSSR count). The first kappa shape index (κ1) is 18.9. The largest absolute Gasteiger partial charge is 0.373 e. The normalized spacial score (nSPS) is 20.2. The van der Waals surface area contributed by atoms with E-state index in [2.05, 4.69) is 22.5 Å². The fraction of sp³-hybridized carbons (Fsp3) is 0.412. The van der Waals surface area contributed by atoms with Gasteiger partial charge in [-0.2, -0.15) is 0 Å². The molecular weight excluding hydrogens is 346 g/mol. The Morgan fingerprint density at radius 3 is 2.83 bits per heavy atom. The number of anilines is 1. The molecule has 24 heavy (non-hydrogen) atoms. The van der Waals surface area contributed by atoms with Crippen molar-refractivity contribution < 1.29 is 9.53 Å². The van der Waals surface area contributed by atoms with Gasteiger partial charge in [0.05, 0.1) is 6.10 Å². The molecule has 2 heterocycles. The maximum atomic E-state index is 12.2. The number of nitrogens with zero attached hydrogens (tertiary/aromatic N) is 1. The summed E-state index contributed by atoms with van der Waals surface area (Å²) in [5.74, 6) is -0.137. The highest BCUT2D eigenvalue weighted by Crippen LogP contribution is 2.28. The minimum absolute atomic E-state index is 0. The summed E-state index contributed by atoms with van der Waals surface area (Å²) in [6.07, 6.45) is 3.80. The maximum absolute atomic E-state index is 12.2. The topological polar surface area (TPSA) is 63.2 Å². The van der Waals surface area contributed by atoms with Gasteiger partial charge in [-0.3, -0.25) is 10.1 Å². The summed E-state index contributed by atoms with van der Waals surface area (Å²) >= 11 is 1.41. The molecule has 0 radical (unpaired) electrons. The molecule has 1 aliphatic heterocycles. The number of hydrogen-bond donors (Lipinski definition) is 2. The fourth-order valence-electron chi connectivity index (χ4n) is 2.81. The molecule has 130 valence electrons. The first-order valence-corrected chi connectivity index (χ1v) is 8.80. The number of nitrogens with one attached hydrogen (secondary N) is 2. The molecule has 2 atom stereocenters. The van der Waals surface area contributed by atoms with E-state index >= 15 is 0 Å². The molecule has 1 aromatic carbocycles. The van der Waals surface area contributed by atoms with Crippen LogP contribution in [0.4, 0.5) is 5.13 Å². The Balaban J connectivity index is 0.00000208. The molecule has 0 bridgehead atoms. The number of rotatable bonds is 5. The maximum Gasteiger partial charge on any atom is 0.257 e. The molecule has 0 spiro atoms. The van der Waals surface area contributed by atoms with Crippen molar-refractivity contribution in [3.05, 3.63) is 47.0 Å². The molecule has 1 amide bonds. The molecule has 0 aliphatic carbocycles. The van der Waals surface area contributed by atoms with Crippen LogP contribution in [0.5, 0.6) is 0 Å². The van der Waals surface area contributed by atoms with Gasteiger partial charge in [0.2, 0.25) is 0 Å². The van der Waals surface area contributed by atoms with Crippen LogP contribution in [-0.4, -0.2) is 30.1 Å². The molecule has 1 aromatic heterocycles.